The molecule has 2 radical (unpaired) electrons. The summed E-state index contributed by atoms with van der Waals surface area (Å²) in [6.45, 7) is 2.05. The van der Waals surface area contributed by atoms with E-state index in [2.05, 4.69) is 19.1 Å². The molecule has 0 saturated heterocycles. The molecule has 0 bridgehead atoms. The van der Waals surface area contributed by atoms with Gasteiger partial charge in [0.05, 0.1) is 7.85 Å². The molecular weight excluding hydrogens is 282 g/mol. The minimum absolute atomic E-state index is 0.158. The number of rotatable bonds is 2. The monoisotopic (exact) mass is 312 g/mol. The Kier molecular flexibility index (Phi) is 7.40. The second-order valence-electron chi connectivity index (χ2n) is 7.20. The summed E-state index contributed by atoms with van der Waals surface area (Å²) in [4.78, 5) is 0. The van der Waals surface area contributed by atoms with Gasteiger partial charge in [-0.05, 0) is 48.7 Å². The zero-order valence-corrected chi connectivity index (χ0v) is 14.6. The third-order valence-electron chi connectivity index (χ3n) is 5.16. The first kappa shape index (κ1) is 18.3. The highest BCUT2D eigenvalue weighted by atomic mass is 19.1. The van der Waals surface area contributed by atoms with Gasteiger partial charge in [-0.25, -0.2) is 4.39 Å². The molecule has 124 valence electrons. The van der Waals surface area contributed by atoms with Gasteiger partial charge < -0.3 is 0 Å². The number of benzene rings is 1. The molecule has 1 aliphatic carbocycles. The summed E-state index contributed by atoms with van der Waals surface area (Å²) < 4.78 is 13.3. The topological polar surface area (TPSA) is 0 Å². The molecule has 1 fully saturated rings. The van der Waals surface area contributed by atoms with Gasteiger partial charge in [-0.1, -0.05) is 75.7 Å². The summed E-state index contributed by atoms with van der Waals surface area (Å²) in [6.07, 6.45) is 16.5. The van der Waals surface area contributed by atoms with Crippen molar-refractivity contribution in [1.82, 2.24) is 0 Å². The molecule has 0 amide bonds. The molecule has 0 N–H and O–H groups in total. The number of allylic oxidation sites excluding steroid dienone is 2. The van der Waals surface area contributed by atoms with E-state index in [1.807, 2.05) is 12.1 Å². The van der Waals surface area contributed by atoms with Crippen LogP contribution in [0.4, 0.5) is 4.39 Å². The van der Waals surface area contributed by atoms with Gasteiger partial charge in [-0.2, -0.15) is 0 Å². The van der Waals surface area contributed by atoms with E-state index in [1.165, 1.54) is 50.5 Å². The zero-order chi connectivity index (χ0) is 16.5. The van der Waals surface area contributed by atoms with Crippen LogP contribution < -0.4 is 0 Å². The van der Waals surface area contributed by atoms with Crippen molar-refractivity contribution >= 4 is 7.85 Å². The van der Waals surface area contributed by atoms with Crippen molar-refractivity contribution in [2.45, 2.75) is 82.4 Å². The average molecular weight is 312 g/mol. The Labute approximate surface area is 143 Å². The van der Waals surface area contributed by atoms with Crippen molar-refractivity contribution in [3.8, 4) is 0 Å². The summed E-state index contributed by atoms with van der Waals surface area (Å²) in [5.41, 5.74) is 1.24. The molecule has 2 rings (SSSR count). The standard InChI is InChI=1S/C21H30BF/c1-2-15-21(22)16-9-7-5-3-4-6-8-10-19(17-21)18-11-13-20(23)14-12-18/h2,11-15,19H,3-10,16-17H2,1H3/b15-2+. The fourth-order valence-corrected chi connectivity index (χ4v) is 3.89. The van der Waals surface area contributed by atoms with Crippen LogP contribution in [-0.2, 0) is 0 Å². The smallest absolute Gasteiger partial charge is 0.123 e. The zero-order valence-electron chi connectivity index (χ0n) is 14.6. The molecule has 0 heterocycles. The predicted octanol–water partition coefficient (Wildman–Crippen LogP) is 6.73. The number of hydrogen-bond acceptors (Lipinski definition) is 0. The number of halogens is 1. The van der Waals surface area contributed by atoms with Gasteiger partial charge in [0, 0.05) is 0 Å². The molecule has 1 aliphatic rings. The van der Waals surface area contributed by atoms with E-state index in [0.29, 0.717) is 5.92 Å². The van der Waals surface area contributed by atoms with Crippen LogP contribution in [0.1, 0.15) is 82.6 Å². The van der Waals surface area contributed by atoms with Gasteiger partial charge >= 0.3 is 0 Å². The minimum Gasteiger partial charge on any atom is -0.207 e. The van der Waals surface area contributed by atoms with Gasteiger partial charge in [0.2, 0.25) is 0 Å². The summed E-state index contributed by atoms with van der Waals surface area (Å²) in [5, 5.41) is -0.229. The average Bonchev–Trinajstić information content (AvgIpc) is 2.52. The van der Waals surface area contributed by atoms with E-state index >= 15 is 0 Å². The van der Waals surface area contributed by atoms with Gasteiger partial charge in [-0.15, -0.1) is 0 Å². The van der Waals surface area contributed by atoms with Gasteiger partial charge in [-0.3, -0.25) is 0 Å². The molecule has 1 saturated carbocycles. The first-order valence-corrected chi connectivity index (χ1v) is 9.31. The molecule has 2 atom stereocenters. The van der Waals surface area contributed by atoms with Crippen LogP contribution in [0.2, 0.25) is 5.31 Å². The molecule has 0 spiro atoms. The fraction of sp³-hybridized carbons (Fsp3) is 0.619. The summed E-state index contributed by atoms with van der Waals surface area (Å²) in [7, 11) is 6.75. The van der Waals surface area contributed by atoms with Crippen molar-refractivity contribution < 1.29 is 4.39 Å². The lowest BCUT2D eigenvalue weighted by Crippen LogP contribution is -2.16. The lowest BCUT2D eigenvalue weighted by molar-refractivity contribution is 0.426. The van der Waals surface area contributed by atoms with E-state index in [-0.39, 0.29) is 11.1 Å². The van der Waals surface area contributed by atoms with E-state index in [9.17, 15) is 4.39 Å². The van der Waals surface area contributed by atoms with E-state index in [0.717, 1.165) is 19.3 Å². The highest BCUT2D eigenvalue weighted by molar-refractivity contribution is 6.16. The lowest BCUT2D eigenvalue weighted by atomic mass is 9.60. The fourth-order valence-electron chi connectivity index (χ4n) is 3.89. The molecule has 2 heteroatoms. The van der Waals surface area contributed by atoms with Crippen LogP contribution in [0, 0.1) is 5.82 Å². The minimum atomic E-state index is -0.229. The summed E-state index contributed by atoms with van der Waals surface area (Å²) in [5.74, 6) is 0.269. The van der Waals surface area contributed by atoms with Crippen LogP contribution >= 0.6 is 0 Å². The maximum atomic E-state index is 13.3. The Bertz CT molecular complexity index is 479. The molecule has 23 heavy (non-hydrogen) atoms. The second kappa shape index (κ2) is 9.30. The van der Waals surface area contributed by atoms with Crippen LogP contribution in [0.5, 0.6) is 0 Å². The lowest BCUT2D eigenvalue weighted by Gasteiger charge is -2.32. The highest BCUT2D eigenvalue weighted by Gasteiger charge is 2.25. The molecule has 1 aromatic rings. The van der Waals surface area contributed by atoms with Gasteiger partial charge in [0.15, 0.2) is 0 Å². The highest BCUT2D eigenvalue weighted by Crippen LogP contribution is 2.43. The first-order valence-electron chi connectivity index (χ1n) is 9.31. The third kappa shape index (κ3) is 6.16. The third-order valence-corrected chi connectivity index (χ3v) is 5.16. The molecule has 0 aromatic heterocycles. The largest absolute Gasteiger partial charge is 0.207 e. The number of hydrogen-bond donors (Lipinski definition) is 0. The maximum Gasteiger partial charge on any atom is 0.123 e. The van der Waals surface area contributed by atoms with Crippen LogP contribution in [0.3, 0.4) is 0 Å². The van der Waals surface area contributed by atoms with Gasteiger partial charge in [0.25, 0.3) is 0 Å². The molecule has 2 unspecified atom stereocenters. The Morgan fingerprint density at radius 3 is 2.26 bits per heavy atom. The summed E-state index contributed by atoms with van der Waals surface area (Å²) in [6, 6.07) is 7.06. The van der Waals surface area contributed by atoms with Crippen LogP contribution in [0.15, 0.2) is 36.4 Å². The van der Waals surface area contributed by atoms with Crippen molar-refractivity contribution in [2.24, 2.45) is 0 Å². The predicted molar refractivity (Wildman–Crippen MR) is 98.6 cm³/mol. The second-order valence-corrected chi connectivity index (χ2v) is 7.20. The maximum absolute atomic E-state index is 13.3. The van der Waals surface area contributed by atoms with Gasteiger partial charge in [0.1, 0.15) is 5.82 Å². The van der Waals surface area contributed by atoms with Crippen LogP contribution in [0.25, 0.3) is 0 Å². The van der Waals surface area contributed by atoms with Crippen LogP contribution in [-0.4, -0.2) is 7.85 Å². The van der Waals surface area contributed by atoms with E-state index < -0.39 is 0 Å². The Morgan fingerprint density at radius 2 is 1.61 bits per heavy atom. The molecule has 0 nitrogen and oxygen atoms in total. The van der Waals surface area contributed by atoms with Crippen molar-refractivity contribution in [1.29, 1.82) is 0 Å². The van der Waals surface area contributed by atoms with Crippen molar-refractivity contribution in [3.63, 3.8) is 0 Å². The molecule has 0 aliphatic heterocycles. The normalized spacial score (nSPS) is 28.2. The Hall–Kier alpha value is -1.05. The summed E-state index contributed by atoms with van der Waals surface area (Å²) >= 11 is 0. The Balaban J connectivity index is 2.17. The van der Waals surface area contributed by atoms with E-state index in [1.54, 1.807) is 12.1 Å². The first-order chi connectivity index (χ1) is 11.1. The molecule has 1 aromatic carbocycles. The van der Waals surface area contributed by atoms with E-state index in [4.69, 9.17) is 7.85 Å². The van der Waals surface area contributed by atoms with Crippen molar-refractivity contribution in [2.75, 3.05) is 0 Å². The quantitative estimate of drug-likeness (QED) is 0.419. The van der Waals surface area contributed by atoms with Crippen molar-refractivity contribution in [3.05, 3.63) is 47.8 Å². The SMILES string of the molecule is [B]C1(/C=C/C)CCCCCCCCCC(c2ccc(F)cc2)C1. The molecular formula is C21H30BF. The Morgan fingerprint density at radius 1 is 1.00 bits per heavy atom.